The van der Waals surface area contributed by atoms with Gasteiger partial charge < -0.3 is 14.5 Å². The highest BCUT2D eigenvalue weighted by Crippen LogP contribution is 2.19. The van der Waals surface area contributed by atoms with Crippen LogP contribution in [0, 0.1) is 0 Å². The zero-order valence-corrected chi connectivity index (χ0v) is 12.8. The van der Waals surface area contributed by atoms with Gasteiger partial charge in [0.05, 0.1) is 13.2 Å². The van der Waals surface area contributed by atoms with E-state index in [0.717, 1.165) is 13.1 Å². The van der Waals surface area contributed by atoms with Crippen molar-refractivity contribution >= 4 is 29.7 Å². The van der Waals surface area contributed by atoms with E-state index in [0.29, 0.717) is 24.1 Å². The van der Waals surface area contributed by atoms with Crippen molar-refractivity contribution in [3.05, 3.63) is 22.8 Å². The summed E-state index contributed by atoms with van der Waals surface area (Å²) in [4.78, 5) is 20.1. The van der Waals surface area contributed by atoms with Gasteiger partial charge >= 0.3 is 0 Å². The van der Waals surface area contributed by atoms with E-state index >= 15 is 0 Å². The van der Waals surface area contributed by atoms with E-state index in [1.807, 2.05) is 19.0 Å². The largest absolute Gasteiger partial charge is 0.378 e. The molecule has 1 saturated heterocycles. The first-order valence-electron chi connectivity index (χ1n) is 6.56. The summed E-state index contributed by atoms with van der Waals surface area (Å²) in [7, 11) is 3.62. The molecule has 1 aliphatic rings. The molecule has 0 atom stereocenters. The van der Waals surface area contributed by atoms with Gasteiger partial charge in [0.15, 0.2) is 0 Å². The number of hydrazone groups is 1. The highest BCUT2D eigenvalue weighted by Gasteiger charge is 2.16. The number of aromatic nitrogens is 1. The lowest BCUT2D eigenvalue weighted by atomic mass is 10.3. The number of nitrogens with zero attached hydrogens (tertiary/aromatic N) is 4. The quantitative estimate of drug-likeness (QED) is 0.506. The van der Waals surface area contributed by atoms with Gasteiger partial charge in [0, 0.05) is 32.2 Å². The fourth-order valence-corrected chi connectivity index (χ4v) is 2.02. The smallest absolute Gasteiger partial charge is 0.290 e. The molecule has 0 bridgehead atoms. The van der Waals surface area contributed by atoms with Crippen molar-refractivity contribution in [3.63, 3.8) is 0 Å². The molecule has 114 valence electrons. The number of nitrogens with one attached hydrogen (secondary N) is 1. The fourth-order valence-electron chi connectivity index (χ4n) is 1.81. The predicted molar refractivity (Wildman–Crippen MR) is 81.9 cm³/mol. The molecule has 2 rings (SSSR count). The van der Waals surface area contributed by atoms with E-state index in [9.17, 15) is 4.79 Å². The van der Waals surface area contributed by atoms with Gasteiger partial charge in [0.25, 0.3) is 5.91 Å². The molecule has 0 aromatic carbocycles. The Labute approximate surface area is 128 Å². The average molecular weight is 312 g/mol. The Kier molecular flexibility index (Phi) is 5.35. The van der Waals surface area contributed by atoms with Crippen molar-refractivity contribution in [1.82, 2.24) is 15.3 Å². The minimum Gasteiger partial charge on any atom is -0.378 e. The summed E-state index contributed by atoms with van der Waals surface area (Å²) >= 11 is 6.07. The molecular formula is C13H18ClN5O2. The number of morpholine rings is 1. The summed E-state index contributed by atoms with van der Waals surface area (Å²) < 4.78 is 5.30. The molecule has 21 heavy (non-hydrogen) atoms. The monoisotopic (exact) mass is 311 g/mol. The van der Waals surface area contributed by atoms with Crippen LogP contribution in [0.1, 0.15) is 10.5 Å². The molecule has 8 heteroatoms. The standard InChI is InChI=1S/C13H18ClN5O2/c1-18(2)9-15-17-13(20)11-7-10(14)8-12(16-11)19-3-5-21-6-4-19/h7-9H,3-6H2,1-2H3,(H,17,20)/b15-9+. The maximum Gasteiger partial charge on any atom is 0.290 e. The number of hydrogen-bond acceptors (Lipinski definition) is 5. The van der Waals surface area contributed by atoms with Gasteiger partial charge in [-0.25, -0.2) is 10.4 Å². The normalized spacial score (nSPS) is 15.3. The Morgan fingerprint density at radius 2 is 2.19 bits per heavy atom. The van der Waals surface area contributed by atoms with E-state index in [2.05, 4.69) is 15.5 Å². The van der Waals surface area contributed by atoms with Gasteiger partial charge in [-0.1, -0.05) is 11.6 Å². The summed E-state index contributed by atoms with van der Waals surface area (Å²) in [6, 6.07) is 3.26. The highest BCUT2D eigenvalue weighted by atomic mass is 35.5. The second-order valence-corrected chi connectivity index (χ2v) is 5.21. The Bertz CT molecular complexity index is 529. The van der Waals surface area contributed by atoms with E-state index in [-0.39, 0.29) is 5.69 Å². The van der Waals surface area contributed by atoms with Crippen LogP contribution in [0.25, 0.3) is 0 Å². The molecule has 2 heterocycles. The third-order valence-corrected chi connectivity index (χ3v) is 3.02. The lowest BCUT2D eigenvalue weighted by Gasteiger charge is -2.28. The molecule has 1 N–H and O–H groups in total. The van der Waals surface area contributed by atoms with E-state index in [1.54, 1.807) is 11.0 Å². The molecule has 1 fully saturated rings. The van der Waals surface area contributed by atoms with Crippen LogP contribution in [0.5, 0.6) is 0 Å². The first-order chi connectivity index (χ1) is 10.1. The summed E-state index contributed by atoms with van der Waals surface area (Å²) in [5.74, 6) is 0.276. The van der Waals surface area contributed by atoms with Crippen molar-refractivity contribution in [2.45, 2.75) is 0 Å². The SMILES string of the molecule is CN(C)/C=N/NC(=O)c1cc(Cl)cc(N2CCOCC2)n1. The number of amides is 1. The molecule has 1 aromatic rings. The van der Waals surface area contributed by atoms with Crippen LogP contribution in [-0.2, 0) is 4.74 Å². The first kappa shape index (κ1) is 15.5. The number of ether oxygens (including phenoxy) is 1. The molecule has 0 radical (unpaired) electrons. The van der Waals surface area contributed by atoms with Crippen LogP contribution in [0.3, 0.4) is 0 Å². The molecule has 0 spiro atoms. The van der Waals surface area contributed by atoms with Gasteiger partial charge in [-0.05, 0) is 12.1 Å². The van der Waals surface area contributed by atoms with Crippen LogP contribution in [-0.4, -0.2) is 62.5 Å². The van der Waals surface area contributed by atoms with E-state index in [4.69, 9.17) is 16.3 Å². The summed E-state index contributed by atoms with van der Waals surface area (Å²) in [5.41, 5.74) is 2.65. The molecule has 1 aromatic heterocycles. The number of pyridine rings is 1. The lowest BCUT2D eigenvalue weighted by molar-refractivity contribution is 0.0949. The molecule has 7 nitrogen and oxygen atoms in total. The number of halogens is 1. The highest BCUT2D eigenvalue weighted by molar-refractivity contribution is 6.31. The molecule has 0 unspecified atom stereocenters. The third kappa shape index (κ3) is 4.57. The molecule has 0 saturated carbocycles. The van der Waals surface area contributed by atoms with Crippen molar-refractivity contribution in [2.75, 3.05) is 45.3 Å². The van der Waals surface area contributed by atoms with Gasteiger partial charge in [-0.15, -0.1) is 0 Å². The molecule has 1 aliphatic heterocycles. The number of carbonyl (C=O) groups is 1. The number of rotatable bonds is 4. The van der Waals surface area contributed by atoms with Crippen molar-refractivity contribution in [1.29, 1.82) is 0 Å². The van der Waals surface area contributed by atoms with Crippen molar-refractivity contribution in [2.24, 2.45) is 5.10 Å². The maximum absolute atomic E-state index is 12.0. The summed E-state index contributed by atoms with van der Waals surface area (Å²) in [6.45, 7) is 2.74. The maximum atomic E-state index is 12.0. The number of anilines is 1. The summed E-state index contributed by atoms with van der Waals surface area (Å²) in [6.07, 6.45) is 1.49. The van der Waals surface area contributed by atoms with Crippen LogP contribution in [0.4, 0.5) is 5.82 Å². The van der Waals surface area contributed by atoms with Gasteiger partial charge in [0.2, 0.25) is 0 Å². The molecule has 0 aliphatic carbocycles. The van der Waals surface area contributed by atoms with Gasteiger partial charge in [-0.3, -0.25) is 4.79 Å². The fraction of sp³-hybridized carbons (Fsp3) is 0.462. The minimum atomic E-state index is -0.398. The van der Waals surface area contributed by atoms with E-state index < -0.39 is 5.91 Å². The average Bonchev–Trinajstić information content (AvgIpc) is 2.47. The minimum absolute atomic E-state index is 0.236. The number of hydrogen-bond donors (Lipinski definition) is 1. The predicted octanol–water partition coefficient (Wildman–Crippen LogP) is 0.806. The second-order valence-electron chi connectivity index (χ2n) is 4.78. The third-order valence-electron chi connectivity index (χ3n) is 2.80. The van der Waals surface area contributed by atoms with Crippen molar-refractivity contribution < 1.29 is 9.53 Å². The Hall–Kier alpha value is -1.86. The van der Waals surface area contributed by atoms with Crippen LogP contribution in [0.2, 0.25) is 5.02 Å². The van der Waals surface area contributed by atoms with Gasteiger partial charge in [-0.2, -0.15) is 5.10 Å². The van der Waals surface area contributed by atoms with E-state index in [1.165, 1.54) is 12.4 Å². The zero-order chi connectivity index (χ0) is 15.2. The lowest BCUT2D eigenvalue weighted by Crippen LogP contribution is -2.37. The first-order valence-corrected chi connectivity index (χ1v) is 6.94. The topological polar surface area (TPSA) is 70.1 Å². The van der Waals surface area contributed by atoms with Crippen molar-refractivity contribution in [3.8, 4) is 0 Å². The zero-order valence-electron chi connectivity index (χ0n) is 12.0. The molecule has 1 amide bonds. The Morgan fingerprint density at radius 1 is 1.48 bits per heavy atom. The van der Waals surface area contributed by atoms with Gasteiger partial charge in [0.1, 0.15) is 17.9 Å². The second kappa shape index (κ2) is 7.24. The van der Waals surface area contributed by atoms with Crippen LogP contribution < -0.4 is 10.3 Å². The molecular weight excluding hydrogens is 294 g/mol. The Morgan fingerprint density at radius 3 is 2.86 bits per heavy atom. The van der Waals surface area contributed by atoms with Crippen LogP contribution >= 0.6 is 11.6 Å². The summed E-state index contributed by atoms with van der Waals surface area (Å²) in [5, 5.41) is 4.27. The Balaban J connectivity index is 2.12. The van der Waals surface area contributed by atoms with Crippen LogP contribution in [0.15, 0.2) is 17.2 Å². The number of carbonyl (C=O) groups excluding carboxylic acids is 1.